The van der Waals surface area contributed by atoms with E-state index in [1.807, 2.05) is 5.43 Å². The number of benzene rings is 2. The second kappa shape index (κ2) is 5.32. The lowest BCUT2D eigenvalue weighted by atomic mass is 9.97. The second-order valence-electron chi connectivity index (χ2n) is 3.87. The van der Waals surface area contributed by atoms with Gasteiger partial charge in [0.05, 0.1) is 5.56 Å². The Labute approximate surface area is 109 Å². The molecule has 5 heteroatoms. The Morgan fingerprint density at radius 1 is 1.00 bits per heavy atom. The number of carbonyl (C=O) groups is 2. The van der Waals surface area contributed by atoms with Crippen LogP contribution in [0.3, 0.4) is 0 Å². The summed E-state index contributed by atoms with van der Waals surface area (Å²) >= 11 is 0. The Bertz CT molecular complexity index is 624. The normalized spacial score (nSPS) is 9.95. The van der Waals surface area contributed by atoms with Gasteiger partial charge in [0.15, 0.2) is 5.78 Å². The molecule has 0 spiro atoms. The predicted molar refractivity (Wildman–Crippen MR) is 69.6 cm³/mol. The van der Waals surface area contributed by atoms with Crippen LogP contribution in [0.25, 0.3) is 0 Å². The summed E-state index contributed by atoms with van der Waals surface area (Å²) < 4.78 is 0. The molecule has 2 aromatic carbocycles. The average Bonchev–Trinajstić information content (AvgIpc) is 2.46. The van der Waals surface area contributed by atoms with Crippen LogP contribution in [-0.2, 0) is 0 Å². The summed E-state index contributed by atoms with van der Waals surface area (Å²) in [6, 6.07) is 12.8. The van der Waals surface area contributed by atoms with E-state index in [2.05, 4.69) is 0 Å². The molecule has 0 aliphatic heterocycles. The molecule has 0 aliphatic carbocycles. The Balaban J connectivity index is 2.54. The van der Waals surface area contributed by atoms with E-state index >= 15 is 0 Å². The number of nitrogens with two attached hydrogens (primary N) is 1. The van der Waals surface area contributed by atoms with Crippen LogP contribution in [0, 0.1) is 0 Å². The highest BCUT2D eigenvalue weighted by Crippen LogP contribution is 2.23. The fraction of sp³-hybridized carbons (Fsp3) is 0. The number of hydrogen-bond acceptors (Lipinski definition) is 4. The molecule has 96 valence electrons. The van der Waals surface area contributed by atoms with Crippen molar-refractivity contribution in [3.8, 4) is 5.75 Å². The zero-order valence-electron chi connectivity index (χ0n) is 9.96. The molecular weight excluding hydrogens is 244 g/mol. The minimum Gasteiger partial charge on any atom is -0.507 e. The fourth-order valence-corrected chi connectivity index (χ4v) is 1.79. The molecule has 0 heterocycles. The highest BCUT2D eigenvalue weighted by molar-refractivity contribution is 6.16. The minimum absolute atomic E-state index is 0.106. The van der Waals surface area contributed by atoms with Gasteiger partial charge in [-0.15, -0.1) is 0 Å². The molecule has 2 aromatic rings. The number of hydrazine groups is 1. The molecule has 0 bridgehead atoms. The maximum absolute atomic E-state index is 12.3. The molecule has 0 unspecified atom stereocenters. The van der Waals surface area contributed by atoms with Crippen molar-refractivity contribution < 1.29 is 14.7 Å². The quantitative estimate of drug-likeness (QED) is 0.333. The summed E-state index contributed by atoms with van der Waals surface area (Å²) in [7, 11) is 0. The third kappa shape index (κ3) is 2.46. The van der Waals surface area contributed by atoms with Crippen molar-refractivity contribution in [2.45, 2.75) is 0 Å². The van der Waals surface area contributed by atoms with Crippen LogP contribution >= 0.6 is 0 Å². The van der Waals surface area contributed by atoms with Crippen LogP contribution in [0.15, 0.2) is 48.5 Å². The van der Waals surface area contributed by atoms with E-state index in [4.69, 9.17) is 5.84 Å². The molecule has 5 nitrogen and oxygen atoms in total. The summed E-state index contributed by atoms with van der Waals surface area (Å²) in [4.78, 5) is 24.0. The summed E-state index contributed by atoms with van der Waals surface area (Å²) in [6.45, 7) is 0. The van der Waals surface area contributed by atoms with Gasteiger partial charge in [-0.1, -0.05) is 36.4 Å². The number of carbonyl (C=O) groups excluding carboxylic acids is 2. The first kappa shape index (κ1) is 12.8. The number of rotatable bonds is 3. The molecule has 0 saturated carbocycles. The van der Waals surface area contributed by atoms with Gasteiger partial charge in [0.25, 0.3) is 5.91 Å². The number of nitrogens with one attached hydrogen (secondary N) is 1. The van der Waals surface area contributed by atoms with Gasteiger partial charge in [0.1, 0.15) is 5.75 Å². The van der Waals surface area contributed by atoms with E-state index < -0.39 is 5.91 Å². The smallest absolute Gasteiger partial charge is 0.269 e. The second-order valence-corrected chi connectivity index (χ2v) is 3.87. The van der Waals surface area contributed by atoms with Crippen molar-refractivity contribution in [3.63, 3.8) is 0 Å². The Kier molecular flexibility index (Phi) is 3.58. The third-order valence-corrected chi connectivity index (χ3v) is 2.68. The van der Waals surface area contributed by atoms with Crippen molar-refractivity contribution >= 4 is 11.7 Å². The molecular formula is C14H12N2O3. The SMILES string of the molecule is NNC(=O)c1c(O)cccc1C(=O)c1ccccc1. The topological polar surface area (TPSA) is 92.4 Å². The van der Waals surface area contributed by atoms with E-state index in [0.717, 1.165) is 0 Å². The standard InChI is InChI=1S/C14H12N2O3/c15-16-14(19)12-10(7-4-8-11(12)17)13(18)9-5-2-1-3-6-9/h1-8,17H,15H2,(H,16,19). The van der Waals surface area contributed by atoms with Gasteiger partial charge in [-0.3, -0.25) is 15.0 Å². The molecule has 2 rings (SSSR count). The lowest BCUT2D eigenvalue weighted by Crippen LogP contribution is -2.31. The molecule has 4 N–H and O–H groups in total. The maximum atomic E-state index is 12.3. The first-order chi connectivity index (χ1) is 9.15. The summed E-state index contributed by atoms with van der Waals surface area (Å²) in [5.41, 5.74) is 2.33. The van der Waals surface area contributed by atoms with Crippen molar-refractivity contribution in [3.05, 3.63) is 65.2 Å². The molecule has 0 saturated heterocycles. The molecule has 19 heavy (non-hydrogen) atoms. The number of nitrogen functional groups attached to an aromatic ring is 1. The van der Waals surface area contributed by atoms with Gasteiger partial charge in [-0.05, 0) is 12.1 Å². The van der Waals surface area contributed by atoms with Crippen LogP contribution in [0.1, 0.15) is 26.3 Å². The Morgan fingerprint density at radius 2 is 1.68 bits per heavy atom. The van der Waals surface area contributed by atoms with Crippen LogP contribution < -0.4 is 11.3 Å². The van der Waals surface area contributed by atoms with E-state index in [0.29, 0.717) is 5.56 Å². The van der Waals surface area contributed by atoms with Gasteiger partial charge < -0.3 is 5.11 Å². The number of phenolic OH excluding ortho intramolecular Hbond substituents is 1. The van der Waals surface area contributed by atoms with Crippen molar-refractivity contribution in [1.82, 2.24) is 5.43 Å². The Morgan fingerprint density at radius 3 is 2.32 bits per heavy atom. The van der Waals surface area contributed by atoms with Crippen LogP contribution in [0.2, 0.25) is 0 Å². The van der Waals surface area contributed by atoms with Crippen LogP contribution in [0.5, 0.6) is 5.75 Å². The van der Waals surface area contributed by atoms with E-state index in [1.54, 1.807) is 30.3 Å². The zero-order valence-corrected chi connectivity index (χ0v) is 9.96. The molecule has 1 amide bonds. The maximum Gasteiger partial charge on any atom is 0.269 e. The van der Waals surface area contributed by atoms with Gasteiger partial charge in [-0.2, -0.15) is 0 Å². The Hall–Kier alpha value is -2.66. The largest absolute Gasteiger partial charge is 0.507 e. The van der Waals surface area contributed by atoms with Crippen LogP contribution in [0.4, 0.5) is 0 Å². The molecule has 0 aliphatic rings. The number of amides is 1. The first-order valence-corrected chi connectivity index (χ1v) is 5.58. The van der Waals surface area contributed by atoms with Gasteiger partial charge >= 0.3 is 0 Å². The van der Waals surface area contributed by atoms with E-state index in [1.165, 1.54) is 18.2 Å². The summed E-state index contributed by atoms with van der Waals surface area (Å²) in [5.74, 6) is 3.71. The van der Waals surface area contributed by atoms with Gasteiger partial charge in [0, 0.05) is 11.1 Å². The van der Waals surface area contributed by atoms with Crippen LogP contribution in [-0.4, -0.2) is 16.8 Å². The molecule has 0 fully saturated rings. The number of hydrogen-bond donors (Lipinski definition) is 3. The molecule has 0 atom stereocenters. The monoisotopic (exact) mass is 256 g/mol. The fourth-order valence-electron chi connectivity index (χ4n) is 1.79. The zero-order chi connectivity index (χ0) is 13.8. The van der Waals surface area contributed by atoms with Gasteiger partial charge in [0.2, 0.25) is 0 Å². The summed E-state index contributed by atoms with van der Waals surface area (Å²) in [6.07, 6.45) is 0. The molecule has 0 radical (unpaired) electrons. The minimum atomic E-state index is -0.711. The van der Waals surface area contributed by atoms with Crippen molar-refractivity contribution in [2.75, 3.05) is 0 Å². The van der Waals surface area contributed by atoms with Gasteiger partial charge in [-0.25, -0.2) is 5.84 Å². The number of aromatic hydroxyl groups is 1. The predicted octanol–water partition coefficient (Wildman–Crippen LogP) is 1.23. The average molecular weight is 256 g/mol. The number of ketones is 1. The number of phenols is 1. The lowest BCUT2D eigenvalue weighted by Gasteiger charge is -2.09. The highest BCUT2D eigenvalue weighted by atomic mass is 16.3. The van der Waals surface area contributed by atoms with E-state index in [-0.39, 0.29) is 22.7 Å². The summed E-state index contributed by atoms with van der Waals surface area (Å²) in [5, 5.41) is 9.72. The molecule has 0 aromatic heterocycles. The van der Waals surface area contributed by atoms with Crippen molar-refractivity contribution in [2.24, 2.45) is 5.84 Å². The third-order valence-electron chi connectivity index (χ3n) is 2.68. The van der Waals surface area contributed by atoms with E-state index in [9.17, 15) is 14.7 Å². The lowest BCUT2D eigenvalue weighted by molar-refractivity contribution is 0.0939. The highest BCUT2D eigenvalue weighted by Gasteiger charge is 2.20. The first-order valence-electron chi connectivity index (χ1n) is 5.58. The van der Waals surface area contributed by atoms with Crippen molar-refractivity contribution in [1.29, 1.82) is 0 Å².